The zero-order valence-corrected chi connectivity index (χ0v) is 14.7. The van der Waals surface area contributed by atoms with Crippen LogP contribution in [0.25, 0.3) is 0 Å². The molecule has 1 heterocycles. The highest BCUT2D eigenvalue weighted by molar-refractivity contribution is 5.82. The molecular weight excluding hydrogens is 322 g/mol. The maximum absolute atomic E-state index is 12.8. The highest BCUT2D eigenvalue weighted by Crippen LogP contribution is 2.35. The molecule has 6 heteroatoms. The molecule has 0 aromatic heterocycles. The molecule has 1 aromatic carbocycles. The van der Waals surface area contributed by atoms with Crippen molar-refractivity contribution in [2.45, 2.75) is 44.6 Å². The molecule has 0 saturated heterocycles. The van der Waals surface area contributed by atoms with Crippen molar-refractivity contribution in [1.29, 1.82) is 0 Å². The number of carbonyl (C=O) groups excluding carboxylic acids is 1. The van der Waals surface area contributed by atoms with E-state index in [1.165, 1.54) is 0 Å². The van der Waals surface area contributed by atoms with Crippen molar-refractivity contribution in [2.75, 3.05) is 13.7 Å². The van der Waals surface area contributed by atoms with Crippen molar-refractivity contribution in [3.63, 3.8) is 0 Å². The number of benzene rings is 1. The molecule has 0 spiro atoms. The van der Waals surface area contributed by atoms with Gasteiger partial charge in [0, 0.05) is 0 Å². The van der Waals surface area contributed by atoms with Crippen LogP contribution in [-0.4, -0.2) is 36.2 Å². The summed E-state index contributed by atoms with van der Waals surface area (Å²) >= 11 is 0. The van der Waals surface area contributed by atoms with Gasteiger partial charge in [-0.2, -0.15) is 0 Å². The smallest absolute Gasteiger partial charge is 0.308 e. The molecule has 25 heavy (non-hydrogen) atoms. The molecular formula is C19H25NO5. The third-order valence-electron chi connectivity index (χ3n) is 5.46. The summed E-state index contributed by atoms with van der Waals surface area (Å²) in [5, 5.41) is 12.5. The van der Waals surface area contributed by atoms with E-state index in [4.69, 9.17) is 9.47 Å². The number of amides is 1. The van der Waals surface area contributed by atoms with E-state index >= 15 is 0 Å². The van der Waals surface area contributed by atoms with Gasteiger partial charge in [-0.3, -0.25) is 9.59 Å². The topological polar surface area (TPSA) is 84.9 Å². The fraction of sp³-hybridized carbons (Fsp3) is 0.579. The van der Waals surface area contributed by atoms with E-state index in [-0.39, 0.29) is 11.8 Å². The van der Waals surface area contributed by atoms with Crippen molar-refractivity contribution in [1.82, 2.24) is 5.32 Å². The molecule has 3 atom stereocenters. The maximum Gasteiger partial charge on any atom is 0.308 e. The SMILES string of the molecule is COc1ccc2c(c1)CC(C(=O)NC1(C)CCCCC1C(=O)O)CO2. The van der Waals surface area contributed by atoms with Crippen molar-refractivity contribution in [3.8, 4) is 11.5 Å². The fourth-order valence-electron chi connectivity index (χ4n) is 3.93. The summed E-state index contributed by atoms with van der Waals surface area (Å²) in [6.45, 7) is 2.16. The van der Waals surface area contributed by atoms with Gasteiger partial charge in [0.1, 0.15) is 18.1 Å². The van der Waals surface area contributed by atoms with Crippen molar-refractivity contribution in [2.24, 2.45) is 11.8 Å². The van der Waals surface area contributed by atoms with Crippen LogP contribution < -0.4 is 14.8 Å². The van der Waals surface area contributed by atoms with Crippen LogP contribution in [0.5, 0.6) is 11.5 Å². The molecule has 1 aliphatic heterocycles. The molecule has 1 fully saturated rings. The first-order chi connectivity index (χ1) is 11.9. The van der Waals surface area contributed by atoms with Gasteiger partial charge in [0.25, 0.3) is 0 Å². The number of fused-ring (bicyclic) bond motifs is 1. The number of rotatable bonds is 4. The summed E-state index contributed by atoms with van der Waals surface area (Å²) in [5.41, 5.74) is 0.241. The second-order valence-corrected chi connectivity index (χ2v) is 7.23. The van der Waals surface area contributed by atoms with Gasteiger partial charge in [0.2, 0.25) is 5.91 Å². The zero-order valence-electron chi connectivity index (χ0n) is 14.7. The van der Waals surface area contributed by atoms with Gasteiger partial charge in [-0.05, 0) is 49.9 Å². The van der Waals surface area contributed by atoms with E-state index in [0.29, 0.717) is 25.9 Å². The molecule has 1 aromatic rings. The van der Waals surface area contributed by atoms with Crippen LogP contribution in [-0.2, 0) is 16.0 Å². The van der Waals surface area contributed by atoms with Gasteiger partial charge >= 0.3 is 5.97 Å². The normalized spacial score (nSPS) is 28.4. The van der Waals surface area contributed by atoms with Crippen molar-refractivity contribution >= 4 is 11.9 Å². The molecule has 0 bridgehead atoms. The second kappa shape index (κ2) is 6.94. The zero-order chi connectivity index (χ0) is 18.0. The van der Waals surface area contributed by atoms with Gasteiger partial charge in [0.05, 0.1) is 24.5 Å². The highest BCUT2D eigenvalue weighted by Gasteiger charge is 2.43. The van der Waals surface area contributed by atoms with Gasteiger partial charge in [-0.1, -0.05) is 12.8 Å². The standard InChI is InChI=1S/C19H25NO5/c1-19(8-4-3-5-15(19)18(22)23)20-17(21)13-9-12-10-14(24-2)6-7-16(12)25-11-13/h6-7,10,13,15H,3-5,8-9,11H2,1-2H3,(H,20,21)(H,22,23). The van der Waals surface area contributed by atoms with Crippen molar-refractivity contribution < 1.29 is 24.2 Å². The van der Waals surface area contributed by atoms with Gasteiger partial charge < -0.3 is 19.9 Å². The number of aliphatic carboxylic acids is 1. The lowest BCUT2D eigenvalue weighted by molar-refractivity contribution is -0.147. The van der Waals surface area contributed by atoms with Crippen LogP contribution in [0.1, 0.15) is 38.2 Å². The van der Waals surface area contributed by atoms with Gasteiger partial charge in [-0.25, -0.2) is 0 Å². The Morgan fingerprint density at radius 3 is 2.88 bits per heavy atom. The van der Waals surface area contributed by atoms with Crippen LogP contribution in [0.15, 0.2) is 18.2 Å². The maximum atomic E-state index is 12.8. The summed E-state index contributed by atoms with van der Waals surface area (Å²) < 4.78 is 11.0. The predicted octanol–water partition coefficient (Wildman–Crippen LogP) is 2.40. The predicted molar refractivity (Wildman–Crippen MR) is 91.8 cm³/mol. The lowest BCUT2D eigenvalue weighted by Gasteiger charge is -2.41. The molecule has 2 N–H and O–H groups in total. The Morgan fingerprint density at radius 2 is 2.16 bits per heavy atom. The first-order valence-electron chi connectivity index (χ1n) is 8.77. The highest BCUT2D eigenvalue weighted by atomic mass is 16.5. The molecule has 1 amide bonds. The minimum atomic E-state index is -0.836. The average molecular weight is 347 g/mol. The van der Waals surface area contributed by atoms with E-state index in [9.17, 15) is 14.7 Å². The van der Waals surface area contributed by atoms with Crippen LogP contribution >= 0.6 is 0 Å². The molecule has 6 nitrogen and oxygen atoms in total. The minimum absolute atomic E-state index is 0.135. The quantitative estimate of drug-likeness (QED) is 0.874. The Bertz CT molecular complexity index is 674. The number of methoxy groups -OCH3 is 1. The molecule has 0 radical (unpaired) electrons. The molecule has 3 unspecified atom stereocenters. The van der Waals surface area contributed by atoms with E-state index in [0.717, 1.165) is 29.9 Å². The largest absolute Gasteiger partial charge is 0.497 e. The van der Waals surface area contributed by atoms with Crippen LogP contribution in [0, 0.1) is 11.8 Å². The Balaban J connectivity index is 1.72. The summed E-state index contributed by atoms with van der Waals surface area (Å²) in [6.07, 6.45) is 3.68. The van der Waals surface area contributed by atoms with Crippen LogP contribution in [0.3, 0.4) is 0 Å². The Kier molecular flexibility index (Phi) is 4.88. The minimum Gasteiger partial charge on any atom is -0.497 e. The third-order valence-corrected chi connectivity index (χ3v) is 5.46. The van der Waals surface area contributed by atoms with E-state index < -0.39 is 17.4 Å². The summed E-state index contributed by atoms with van der Waals surface area (Å²) in [4.78, 5) is 24.4. The number of carboxylic acids is 1. The monoisotopic (exact) mass is 347 g/mol. The average Bonchev–Trinajstić information content (AvgIpc) is 2.60. The number of hydrogen-bond acceptors (Lipinski definition) is 4. The summed E-state index contributed by atoms with van der Waals surface area (Å²) in [7, 11) is 1.60. The van der Waals surface area contributed by atoms with Gasteiger partial charge in [-0.15, -0.1) is 0 Å². The van der Waals surface area contributed by atoms with E-state index in [2.05, 4.69) is 5.32 Å². The molecule has 1 aliphatic carbocycles. The number of nitrogens with one attached hydrogen (secondary N) is 1. The molecule has 3 rings (SSSR count). The van der Waals surface area contributed by atoms with Gasteiger partial charge in [0.15, 0.2) is 0 Å². The second-order valence-electron chi connectivity index (χ2n) is 7.23. The number of carbonyl (C=O) groups is 2. The number of carboxylic acid groups (broad SMARTS) is 1. The van der Waals surface area contributed by atoms with Crippen molar-refractivity contribution in [3.05, 3.63) is 23.8 Å². The Morgan fingerprint density at radius 1 is 1.36 bits per heavy atom. The third kappa shape index (κ3) is 3.57. The lowest BCUT2D eigenvalue weighted by Crippen LogP contribution is -2.57. The molecule has 136 valence electrons. The molecule has 2 aliphatic rings. The van der Waals surface area contributed by atoms with Crippen LogP contribution in [0.2, 0.25) is 0 Å². The first-order valence-corrected chi connectivity index (χ1v) is 8.77. The van der Waals surface area contributed by atoms with E-state index in [1.54, 1.807) is 7.11 Å². The van der Waals surface area contributed by atoms with E-state index in [1.807, 2.05) is 25.1 Å². The number of ether oxygens (including phenoxy) is 2. The molecule has 1 saturated carbocycles. The Hall–Kier alpha value is -2.24. The Labute approximate surface area is 147 Å². The summed E-state index contributed by atoms with van der Waals surface area (Å²) in [5.74, 6) is -0.331. The lowest BCUT2D eigenvalue weighted by atomic mass is 9.73. The summed E-state index contributed by atoms with van der Waals surface area (Å²) in [6, 6.07) is 5.57. The first kappa shape index (κ1) is 17.6. The number of hydrogen-bond donors (Lipinski definition) is 2. The fourth-order valence-corrected chi connectivity index (χ4v) is 3.93. The van der Waals surface area contributed by atoms with Crippen LogP contribution in [0.4, 0.5) is 0 Å².